The van der Waals surface area contributed by atoms with Crippen molar-refractivity contribution in [1.82, 2.24) is 9.97 Å². The van der Waals surface area contributed by atoms with Crippen molar-refractivity contribution in [2.24, 2.45) is 0 Å². The minimum atomic E-state index is 0.995. The van der Waals surface area contributed by atoms with Crippen molar-refractivity contribution in [3.63, 3.8) is 0 Å². The molecule has 0 fully saturated rings. The van der Waals surface area contributed by atoms with E-state index in [-0.39, 0.29) is 0 Å². The maximum Gasteiger partial charge on any atom is 0.0888 e. The molecule has 0 amide bonds. The van der Waals surface area contributed by atoms with Crippen LogP contribution in [-0.4, -0.2) is 21.5 Å². The number of nitrogens with zero attached hydrogens (tertiary/aromatic N) is 2. The number of hydrogen-bond donors (Lipinski definition) is 2. The smallest absolute Gasteiger partial charge is 0.0888 e. The number of hydrogen-bond acceptors (Lipinski definition) is 4. The monoisotopic (exact) mass is 388 g/mol. The van der Waals surface area contributed by atoms with Crippen LogP contribution >= 0.6 is 25.3 Å². The molecule has 0 N–H and O–H groups in total. The van der Waals surface area contributed by atoms with Crippen LogP contribution in [0.15, 0.2) is 36.7 Å². The number of thiol groups is 2. The molecule has 2 heterocycles. The van der Waals surface area contributed by atoms with Gasteiger partial charge in [-0.25, -0.2) is 0 Å². The van der Waals surface area contributed by atoms with E-state index in [2.05, 4.69) is 59.5 Å². The molecule has 0 aromatic carbocycles. The van der Waals surface area contributed by atoms with E-state index in [0.717, 1.165) is 35.7 Å². The van der Waals surface area contributed by atoms with Crippen LogP contribution in [0.2, 0.25) is 0 Å². The van der Waals surface area contributed by atoms with Gasteiger partial charge in [0.25, 0.3) is 0 Å². The number of rotatable bonds is 13. The Labute approximate surface area is 170 Å². The SMILES string of the molecule is SCCCCCCc1ccnc(-c2cc(CCCCCCS)ccn2)c1. The number of unbranched alkanes of at least 4 members (excludes halogenated alkanes) is 6. The molecule has 0 spiro atoms. The standard InChI is InChI=1S/C22H32N2S2/c25-15-7-3-1-5-9-19-11-13-23-21(17-19)22-18-20(12-14-24-22)10-6-2-4-8-16-26/h11-14,17-18,25-26H,1-10,15-16H2. The second kappa shape index (κ2) is 13.2. The first-order valence-corrected chi connectivity index (χ1v) is 11.2. The highest BCUT2D eigenvalue weighted by atomic mass is 32.1. The van der Waals surface area contributed by atoms with Gasteiger partial charge in [-0.1, -0.05) is 25.7 Å². The predicted octanol–water partition coefficient (Wildman–Crippen LogP) is 6.21. The van der Waals surface area contributed by atoms with E-state index in [0.29, 0.717) is 0 Å². The Morgan fingerprint density at radius 1 is 0.577 bits per heavy atom. The number of aryl methyl sites for hydroxylation is 2. The van der Waals surface area contributed by atoms with Crippen LogP contribution in [0.4, 0.5) is 0 Å². The molecule has 0 saturated carbocycles. The van der Waals surface area contributed by atoms with Gasteiger partial charge in [0, 0.05) is 12.4 Å². The van der Waals surface area contributed by atoms with Crippen LogP contribution in [0, 0.1) is 0 Å². The fourth-order valence-electron chi connectivity index (χ4n) is 3.13. The summed E-state index contributed by atoms with van der Waals surface area (Å²) in [6, 6.07) is 8.68. The second-order valence-electron chi connectivity index (χ2n) is 6.87. The van der Waals surface area contributed by atoms with E-state index < -0.39 is 0 Å². The van der Waals surface area contributed by atoms with Gasteiger partial charge in [-0.2, -0.15) is 25.3 Å². The van der Waals surface area contributed by atoms with Crippen molar-refractivity contribution in [2.45, 2.75) is 64.2 Å². The molecular formula is C22H32N2S2. The van der Waals surface area contributed by atoms with Gasteiger partial charge in [-0.3, -0.25) is 9.97 Å². The van der Waals surface area contributed by atoms with E-state index in [1.807, 2.05) is 12.4 Å². The Bertz CT molecular complexity index is 576. The molecule has 2 aromatic rings. The van der Waals surface area contributed by atoms with Crippen molar-refractivity contribution in [3.8, 4) is 11.4 Å². The summed E-state index contributed by atoms with van der Waals surface area (Å²) in [6.07, 6.45) is 16.1. The molecular weight excluding hydrogens is 356 g/mol. The number of aromatic nitrogens is 2. The van der Waals surface area contributed by atoms with E-state index >= 15 is 0 Å². The van der Waals surface area contributed by atoms with Gasteiger partial charge in [0.1, 0.15) is 0 Å². The summed E-state index contributed by atoms with van der Waals surface area (Å²) in [7, 11) is 0. The lowest BCUT2D eigenvalue weighted by Gasteiger charge is -2.07. The minimum Gasteiger partial charge on any atom is -0.255 e. The summed E-state index contributed by atoms with van der Waals surface area (Å²) in [5.74, 6) is 1.99. The fourth-order valence-corrected chi connectivity index (χ4v) is 3.58. The third kappa shape index (κ3) is 8.13. The highest BCUT2D eigenvalue weighted by Crippen LogP contribution is 2.19. The van der Waals surface area contributed by atoms with E-state index in [1.165, 1.54) is 62.5 Å². The molecule has 4 heteroatoms. The third-order valence-corrected chi connectivity index (χ3v) is 5.29. The molecule has 0 aliphatic heterocycles. The van der Waals surface area contributed by atoms with Gasteiger partial charge in [0.2, 0.25) is 0 Å². The molecule has 26 heavy (non-hydrogen) atoms. The van der Waals surface area contributed by atoms with Crippen molar-refractivity contribution >= 4 is 25.3 Å². The predicted molar refractivity (Wildman–Crippen MR) is 120 cm³/mol. The van der Waals surface area contributed by atoms with Gasteiger partial charge in [0.15, 0.2) is 0 Å². The van der Waals surface area contributed by atoms with Crippen molar-refractivity contribution in [1.29, 1.82) is 0 Å². The Balaban J connectivity index is 1.89. The quantitative estimate of drug-likeness (QED) is 0.315. The van der Waals surface area contributed by atoms with Gasteiger partial charge in [0.05, 0.1) is 11.4 Å². The molecule has 0 atom stereocenters. The Kier molecular flexibility index (Phi) is 10.8. The molecule has 2 aromatic heterocycles. The highest BCUT2D eigenvalue weighted by Gasteiger charge is 2.04. The van der Waals surface area contributed by atoms with Crippen molar-refractivity contribution < 1.29 is 0 Å². The largest absolute Gasteiger partial charge is 0.255 e. The first-order chi connectivity index (χ1) is 12.8. The lowest BCUT2D eigenvalue weighted by Crippen LogP contribution is -1.94. The molecule has 0 aliphatic rings. The summed E-state index contributed by atoms with van der Waals surface area (Å²) >= 11 is 8.55. The first kappa shape index (κ1) is 21.3. The van der Waals surface area contributed by atoms with Crippen LogP contribution in [0.3, 0.4) is 0 Å². The summed E-state index contributed by atoms with van der Waals surface area (Å²) < 4.78 is 0. The Morgan fingerprint density at radius 2 is 1.00 bits per heavy atom. The topological polar surface area (TPSA) is 25.8 Å². The Hall–Kier alpha value is -1.00. The summed E-state index contributed by atoms with van der Waals surface area (Å²) in [6.45, 7) is 0. The molecule has 0 radical (unpaired) electrons. The van der Waals surface area contributed by atoms with E-state index in [4.69, 9.17) is 0 Å². The Morgan fingerprint density at radius 3 is 1.42 bits per heavy atom. The molecule has 0 aliphatic carbocycles. The highest BCUT2D eigenvalue weighted by molar-refractivity contribution is 7.80. The van der Waals surface area contributed by atoms with Gasteiger partial charge >= 0.3 is 0 Å². The fraction of sp³-hybridized carbons (Fsp3) is 0.545. The van der Waals surface area contributed by atoms with Crippen molar-refractivity contribution in [3.05, 3.63) is 47.8 Å². The lowest BCUT2D eigenvalue weighted by molar-refractivity contribution is 0.670. The van der Waals surface area contributed by atoms with Crippen LogP contribution in [0.25, 0.3) is 11.4 Å². The van der Waals surface area contributed by atoms with Gasteiger partial charge in [-0.15, -0.1) is 0 Å². The van der Waals surface area contributed by atoms with E-state index in [1.54, 1.807) is 0 Å². The summed E-state index contributed by atoms with van der Waals surface area (Å²) in [5, 5.41) is 0. The maximum absolute atomic E-state index is 4.55. The molecule has 2 nitrogen and oxygen atoms in total. The molecule has 0 bridgehead atoms. The number of pyridine rings is 2. The first-order valence-electron chi connectivity index (χ1n) is 9.95. The zero-order chi connectivity index (χ0) is 18.5. The average Bonchev–Trinajstić information content (AvgIpc) is 2.68. The molecule has 2 rings (SSSR count). The summed E-state index contributed by atoms with van der Waals surface area (Å²) in [4.78, 5) is 9.10. The van der Waals surface area contributed by atoms with Crippen molar-refractivity contribution in [2.75, 3.05) is 11.5 Å². The third-order valence-electron chi connectivity index (χ3n) is 4.66. The van der Waals surface area contributed by atoms with Gasteiger partial charge in [-0.05, 0) is 85.4 Å². The lowest BCUT2D eigenvalue weighted by atomic mass is 10.0. The second-order valence-corrected chi connectivity index (χ2v) is 7.77. The normalized spacial score (nSPS) is 11.0. The zero-order valence-corrected chi connectivity index (χ0v) is 17.5. The van der Waals surface area contributed by atoms with Crippen LogP contribution in [0.1, 0.15) is 62.5 Å². The molecule has 0 unspecified atom stereocenters. The van der Waals surface area contributed by atoms with Crippen LogP contribution < -0.4 is 0 Å². The minimum absolute atomic E-state index is 0.995. The van der Waals surface area contributed by atoms with Gasteiger partial charge < -0.3 is 0 Å². The molecule has 0 saturated heterocycles. The maximum atomic E-state index is 4.55. The van der Waals surface area contributed by atoms with Crippen LogP contribution in [0.5, 0.6) is 0 Å². The van der Waals surface area contributed by atoms with Crippen LogP contribution in [-0.2, 0) is 12.8 Å². The molecule has 142 valence electrons. The average molecular weight is 389 g/mol. The summed E-state index contributed by atoms with van der Waals surface area (Å²) in [5.41, 5.74) is 4.71. The zero-order valence-electron chi connectivity index (χ0n) is 15.7. The van der Waals surface area contributed by atoms with E-state index in [9.17, 15) is 0 Å².